The zero-order valence-electron chi connectivity index (χ0n) is 60.6. The summed E-state index contributed by atoms with van der Waals surface area (Å²) in [6.45, 7) is 9.73. The molecule has 0 amide bonds. The molecule has 4 heterocycles. The summed E-state index contributed by atoms with van der Waals surface area (Å²) in [5, 5.41) is 0. The van der Waals surface area contributed by atoms with E-state index in [2.05, 4.69) is 6.58 Å². The number of rotatable bonds is 28. The molecule has 12 rings (SSSR count). The molecule has 0 bridgehead atoms. The van der Waals surface area contributed by atoms with Crippen molar-refractivity contribution in [2.45, 2.75) is 157 Å². The first-order chi connectivity index (χ1) is 53.9. The Bertz CT molecular complexity index is 4400. The molecule has 25 nitrogen and oxygen atoms in total. The predicted octanol–water partition coefficient (Wildman–Crippen LogP) is 11.6. The molecule has 26 heteroatoms. The number of carbonyl (C=O) groups excluding carboxylic acids is 8. The van der Waals surface area contributed by atoms with Crippen LogP contribution in [-0.2, 0) is 91.9 Å². The lowest BCUT2D eigenvalue weighted by atomic mass is 9.95. The molecule has 0 saturated carbocycles. The molecule has 20 atom stereocenters. The van der Waals surface area contributed by atoms with Crippen molar-refractivity contribution in [3.8, 4) is 0 Å². The number of carbonyl (C=O) groups is 8. The number of ether oxygens (including phenoxy) is 17. The molecule has 0 unspecified atom stereocenters. The Morgan fingerprint density at radius 1 is 0.297 bits per heavy atom. The smallest absolute Gasteiger partial charge is 0.338 e. The fourth-order valence-electron chi connectivity index (χ4n) is 13.1. The summed E-state index contributed by atoms with van der Waals surface area (Å²) in [5.74, 6) is -8.48. The van der Waals surface area contributed by atoms with Crippen molar-refractivity contribution in [3.63, 3.8) is 0 Å². The van der Waals surface area contributed by atoms with Crippen LogP contribution in [0.4, 0.5) is 0 Å². The van der Waals surface area contributed by atoms with Gasteiger partial charge >= 0.3 is 47.8 Å². The van der Waals surface area contributed by atoms with Crippen LogP contribution in [0, 0.1) is 0 Å². The Morgan fingerprint density at radius 3 is 0.865 bits per heavy atom. The average molecular weight is 1540 g/mol. The van der Waals surface area contributed by atoms with Gasteiger partial charge in [-0.15, -0.1) is 18.2 Å². The van der Waals surface area contributed by atoms with Gasteiger partial charge in [-0.2, -0.15) is 0 Å². The number of esters is 8. The van der Waals surface area contributed by atoms with E-state index in [1.165, 1.54) is 99.6 Å². The van der Waals surface area contributed by atoms with Crippen LogP contribution in [0.5, 0.6) is 0 Å². The molecular formula is C85H81ClO25. The third-order valence-electron chi connectivity index (χ3n) is 18.6. The first kappa shape index (κ1) is 79.7. The SMILES string of the molecule is C=CCO[C@@H]1[C@@H](OC(=O)c2ccccc2)[C@H](C)O[C@@H](OCc2ccccc2)[C@@H]1O[C@@H]1O[C@@H](C)[C@H](OC(=O)c2ccccc2)[C@@H](OC(=O)c2ccccc2)[C@H]1O[C@@H]1O[C@@H](C)[C@H](OC(=O)c2ccccc2)[C@@H](O[C@@H]2O[C@@H](C)[C@H](OC(=O)c3ccccc3)[C@@H](OC(=O)CCl)[C@H]2OC(=O)c2ccccc2)[C@H]1OC(=O)c1ccccc1. The molecule has 0 spiro atoms. The maximum absolute atomic E-state index is 15.3. The molecular weight excluding hydrogens is 1460 g/mol. The molecule has 4 saturated heterocycles. The number of hydrogen-bond donors (Lipinski definition) is 0. The van der Waals surface area contributed by atoms with Crippen LogP contribution in [0.25, 0.3) is 0 Å². The van der Waals surface area contributed by atoms with Gasteiger partial charge in [0.05, 0.1) is 76.6 Å². The zero-order chi connectivity index (χ0) is 77.9. The van der Waals surface area contributed by atoms with Crippen LogP contribution in [0.1, 0.15) is 106 Å². The highest BCUT2D eigenvalue weighted by Gasteiger charge is 2.61. The van der Waals surface area contributed by atoms with E-state index in [1.54, 1.807) is 146 Å². The molecule has 0 radical (unpaired) electrons. The standard InChI is InChI=1S/C85H81ClO25/c1-6-47-95-67-63(102-75(88)55-33-17-8-18-34-55)50(2)97-82(96-49-54-31-15-7-16-32-54)71(67)110-85-74(69(106-79(92)59-41-25-12-26-42-59)65(52(4)100-85)104-77(90)57-37-21-10-22-38-57)111-84-73(108-81(94)61-45-29-14-30-46-61)70(66(53(5)99-84)105-78(91)58-39-23-11-24-40-58)109-83-72(107-80(93)60-43-27-13-28-44-60)68(101-62(87)48-86)64(51(3)98-83)103-76(89)56-35-19-9-20-36-56/h6-46,50-53,63-74,82-85H,1,47-49H2,2-5H3/t50-,51-,52-,53-,63-,64-,65-,66-,67+,68+,69+,70+,71+,72+,73+,74+,82+,83-,84-,85-/m0/s1. The van der Waals surface area contributed by atoms with Crippen LogP contribution in [0.15, 0.2) is 255 Å². The molecule has 4 aliphatic heterocycles. The second-order valence-corrected chi connectivity index (χ2v) is 26.5. The van der Waals surface area contributed by atoms with Gasteiger partial charge < -0.3 is 80.5 Å². The quantitative estimate of drug-likeness (QED) is 0.0190. The number of hydrogen-bond acceptors (Lipinski definition) is 25. The zero-order valence-corrected chi connectivity index (χ0v) is 61.4. The summed E-state index contributed by atoms with van der Waals surface area (Å²) in [7, 11) is 0. The molecule has 0 aromatic heterocycles. The fourth-order valence-corrected chi connectivity index (χ4v) is 13.2. The minimum atomic E-state index is -2.11. The van der Waals surface area contributed by atoms with Crippen molar-refractivity contribution in [1.82, 2.24) is 0 Å². The Balaban J connectivity index is 1.03. The molecule has 578 valence electrons. The first-order valence-electron chi connectivity index (χ1n) is 36.0. The highest BCUT2D eigenvalue weighted by molar-refractivity contribution is 6.26. The number of benzene rings is 8. The third-order valence-corrected chi connectivity index (χ3v) is 18.8. The predicted molar refractivity (Wildman–Crippen MR) is 393 cm³/mol. The van der Waals surface area contributed by atoms with E-state index in [0.29, 0.717) is 5.56 Å². The van der Waals surface area contributed by atoms with Crippen molar-refractivity contribution in [3.05, 3.63) is 300 Å². The lowest BCUT2D eigenvalue weighted by Gasteiger charge is -2.51. The third kappa shape index (κ3) is 20.0. The maximum Gasteiger partial charge on any atom is 0.338 e. The van der Waals surface area contributed by atoms with Gasteiger partial charge in [-0.3, -0.25) is 4.79 Å². The van der Waals surface area contributed by atoms with Gasteiger partial charge in [0.2, 0.25) is 0 Å². The summed E-state index contributed by atoms with van der Waals surface area (Å²) in [6.07, 6.45) is -32.4. The van der Waals surface area contributed by atoms with E-state index in [4.69, 9.17) is 92.1 Å². The van der Waals surface area contributed by atoms with E-state index in [1.807, 2.05) is 30.3 Å². The summed E-state index contributed by atoms with van der Waals surface area (Å²) < 4.78 is 113. The Morgan fingerprint density at radius 2 is 0.541 bits per heavy atom. The van der Waals surface area contributed by atoms with Gasteiger partial charge in [-0.05, 0) is 118 Å². The normalized spacial score (nSPS) is 27.6. The van der Waals surface area contributed by atoms with E-state index >= 15 is 9.59 Å². The van der Waals surface area contributed by atoms with Gasteiger partial charge in [0, 0.05) is 0 Å². The van der Waals surface area contributed by atoms with Gasteiger partial charge in [0.25, 0.3) is 0 Å². The van der Waals surface area contributed by atoms with Crippen molar-refractivity contribution >= 4 is 59.4 Å². The first-order valence-corrected chi connectivity index (χ1v) is 36.5. The van der Waals surface area contributed by atoms with E-state index in [0.717, 1.165) is 0 Å². The van der Waals surface area contributed by atoms with Crippen LogP contribution in [0.2, 0.25) is 0 Å². The second kappa shape index (κ2) is 38.2. The molecule has 4 aliphatic rings. The van der Waals surface area contributed by atoms with Crippen molar-refractivity contribution in [2.24, 2.45) is 0 Å². The number of alkyl halides is 1. The van der Waals surface area contributed by atoms with Gasteiger partial charge in [-0.25, -0.2) is 33.6 Å². The van der Waals surface area contributed by atoms with Crippen LogP contribution in [-0.4, -0.2) is 183 Å². The summed E-state index contributed by atoms with van der Waals surface area (Å²) in [5.41, 5.74) is 0.991. The molecule has 4 fully saturated rings. The van der Waals surface area contributed by atoms with Gasteiger partial charge in [0.1, 0.15) is 24.2 Å². The molecule has 0 N–H and O–H groups in total. The maximum atomic E-state index is 15.3. The average Bonchev–Trinajstić information content (AvgIpc) is 0.755. The lowest BCUT2D eigenvalue weighted by Crippen LogP contribution is -2.68. The van der Waals surface area contributed by atoms with Crippen LogP contribution in [0.3, 0.4) is 0 Å². The Hall–Kier alpha value is -10.8. The Labute approximate surface area is 644 Å². The van der Waals surface area contributed by atoms with Crippen molar-refractivity contribution in [1.29, 1.82) is 0 Å². The minimum Gasteiger partial charge on any atom is -0.453 e. The fraction of sp³-hybridized carbons (Fsp3) is 0.318. The summed E-state index contributed by atoms with van der Waals surface area (Å²) in [6, 6.07) is 64.0. The van der Waals surface area contributed by atoms with Crippen molar-refractivity contribution < 1.29 is 119 Å². The topological polar surface area (TPSA) is 293 Å². The molecule has 111 heavy (non-hydrogen) atoms. The van der Waals surface area contributed by atoms with Gasteiger partial charge in [-0.1, -0.05) is 164 Å². The summed E-state index contributed by atoms with van der Waals surface area (Å²) >= 11 is 6.19. The van der Waals surface area contributed by atoms with E-state index < -0.39 is 176 Å². The van der Waals surface area contributed by atoms with E-state index in [-0.39, 0.29) is 52.2 Å². The molecule has 8 aromatic rings. The lowest BCUT2D eigenvalue weighted by molar-refractivity contribution is -0.395. The monoisotopic (exact) mass is 1540 g/mol. The largest absolute Gasteiger partial charge is 0.453 e. The van der Waals surface area contributed by atoms with Crippen LogP contribution >= 0.6 is 11.6 Å². The Kier molecular flexibility index (Phi) is 27.5. The minimum absolute atomic E-state index is 0.0103. The van der Waals surface area contributed by atoms with Crippen molar-refractivity contribution in [2.75, 3.05) is 12.5 Å². The second-order valence-electron chi connectivity index (χ2n) is 26.3. The molecule has 0 aliphatic carbocycles. The van der Waals surface area contributed by atoms with E-state index in [9.17, 15) is 28.8 Å². The van der Waals surface area contributed by atoms with Gasteiger partial charge in [0.15, 0.2) is 80.1 Å². The highest BCUT2D eigenvalue weighted by atomic mass is 35.5. The summed E-state index contributed by atoms with van der Waals surface area (Å²) in [4.78, 5) is 117. The molecule has 8 aromatic carbocycles. The number of halogens is 1. The van der Waals surface area contributed by atoms with Crippen LogP contribution < -0.4 is 0 Å². The highest BCUT2D eigenvalue weighted by Crippen LogP contribution is 2.41.